The fourth-order valence-corrected chi connectivity index (χ4v) is 7.40. The maximum atomic E-state index is 12.7. The maximum absolute atomic E-state index is 12.7. The van der Waals surface area contributed by atoms with E-state index in [9.17, 15) is 14.3 Å². The first-order chi connectivity index (χ1) is 30.1. The van der Waals surface area contributed by atoms with E-state index in [0.29, 0.717) is 24.1 Å². The highest BCUT2D eigenvalue weighted by Crippen LogP contribution is 2.38. The van der Waals surface area contributed by atoms with Crippen LogP contribution in [-0.4, -0.2) is 70.7 Å². The van der Waals surface area contributed by atoms with Crippen LogP contribution in [0.4, 0.5) is 0 Å². The molecule has 0 bridgehead atoms. The van der Waals surface area contributed by atoms with Gasteiger partial charge in [-0.1, -0.05) is 202 Å². The highest BCUT2D eigenvalue weighted by molar-refractivity contribution is 7.45. The Morgan fingerprint density at radius 1 is 0.516 bits per heavy atom. The Morgan fingerprint density at radius 2 is 0.935 bits per heavy atom. The first kappa shape index (κ1) is 59.9. The van der Waals surface area contributed by atoms with Gasteiger partial charge in [0.15, 0.2) is 0 Å². The summed E-state index contributed by atoms with van der Waals surface area (Å²) in [5, 5.41) is 0. The molecule has 8 nitrogen and oxygen atoms in total. The van der Waals surface area contributed by atoms with Crippen LogP contribution in [0.15, 0.2) is 72.9 Å². The van der Waals surface area contributed by atoms with E-state index in [1.807, 2.05) is 21.1 Å². The molecule has 0 radical (unpaired) electrons. The number of nitrogens with zero attached hydrogens (tertiary/aromatic N) is 1. The van der Waals surface area contributed by atoms with Gasteiger partial charge >= 0.3 is 5.97 Å². The lowest BCUT2D eigenvalue weighted by molar-refractivity contribution is -0.870. The number of likely N-dealkylation sites (N-methyl/N-ethyl adjacent to an activating group) is 1. The van der Waals surface area contributed by atoms with Gasteiger partial charge in [-0.05, 0) is 64.2 Å². The molecule has 9 heteroatoms. The number of ether oxygens (including phenoxy) is 2. The van der Waals surface area contributed by atoms with E-state index in [1.165, 1.54) is 109 Å². The van der Waals surface area contributed by atoms with E-state index in [0.717, 1.165) is 64.2 Å². The molecule has 0 aromatic heterocycles. The summed E-state index contributed by atoms with van der Waals surface area (Å²) in [6.45, 7) is 5.25. The molecule has 2 unspecified atom stereocenters. The van der Waals surface area contributed by atoms with Crippen molar-refractivity contribution in [2.75, 3.05) is 54.1 Å². The number of unbranched alkanes of at least 4 members (excludes halogenated alkanes) is 20. The molecular formula is C53H96NO7P. The third-order valence-electron chi connectivity index (χ3n) is 10.5. The molecule has 0 aliphatic heterocycles. The summed E-state index contributed by atoms with van der Waals surface area (Å²) >= 11 is 0. The average Bonchev–Trinajstić information content (AvgIpc) is 3.23. The van der Waals surface area contributed by atoms with Gasteiger partial charge in [0.1, 0.15) is 19.3 Å². The third kappa shape index (κ3) is 49.0. The van der Waals surface area contributed by atoms with E-state index < -0.39 is 13.9 Å². The monoisotopic (exact) mass is 890 g/mol. The summed E-state index contributed by atoms with van der Waals surface area (Å²) in [5.74, 6) is -0.375. The van der Waals surface area contributed by atoms with Gasteiger partial charge in [0.05, 0.1) is 34.4 Å². The van der Waals surface area contributed by atoms with Crippen molar-refractivity contribution in [3.8, 4) is 0 Å². The molecule has 0 aromatic rings. The van der Waals surface area contributed by atoms with Crippen molar-refractivity contribution >= 4 is 13.8 Å². The van der Waals surface area contributed by atoms with Crippen molar-refractivity contribution in [2.24, 2.45) is 0 Å². The number of quaternary nitrogens is 1. The highest BCUT2D eigenvalue weighted by Gasteiger charge is 2.20. The number of carbonyl (C=O) groups is 1. The van der Waals surface area contributed by atoms with E-state index in [4.69, 9.17) is 18.5 Å². The summed E-state index contributed by atoms with van der Waals surface area (Å²) in [5.41, 5.74) is 0. The molecule has 62 heavy (non-hydrogen) atoms. The largest absolute Gasteiger partial charge is 0.756 e. The van der Waals surface area contributed by atoms with Gasteiger partial charge in [-0.2, -0.15) is 0 Å². The van der Waals surface area contributed by atoms with E-state index in [2.05, 4.69) is 86.8 Å². The fraction of sp³-hybridized carbons (Fsp3) is 0.755. The average molecular weight is 890 g/mol. The molecule has 0 N–H and O–H groups in total. The molecule has 0 spiro atoms. The quantitative estimate of drug-likeness (QED) is 0.0197. The van der Waals surface area contributed by atoms with Gasteiger partial charge in [0.25, 0.3) is 7.82 Å². The Morgan fingerprint density at radius 3 is 1.37 bits per heavy atom. The van der Waals surface area contributed by atoms with E-state index in [-0.39, 0.29) is 32.2 Å². The summed E-state index contributed by atoms with van der Waals surface area (Å²) in [7, 11) is 1.32. The van der Waals surface area contributed by atoms with Crippen molar-refractivity contribution in [2.45, 2.75) is 206 Å². The molecule has 0 aliphatic rings. The van der Waals surface area contributed by atoms with Crippen LogP contribution in [0.25, 0.3) is 0 Å². The summed E-state index contributed by atoms with van der Waals surface area (Å²) in [6, 6.07) is 0. The Hall–Kier alpha value is -2.06. The molecule has 0 heterocycles. The Labute approximate surface area is 383 Å². The van der Waals surface area contributed by atoms with Gasteiger partial charge in [0, 0.05) is 13.0 Å². The normalized spacial score (nSPS) is 14.2. The molecule has 0 saturated carbocycles. The molecule has 0 amide bonds. The lowest BCUT2D eigenvalue weighted by Crippen LogP contribution is -2.37. The van der Waals surface area contributed by atoms with Crippen LogP contribution in [0.3, 0.4) is 0 Å². The van der Waals surface area contributed by atoms with Crippen molar-refractivity contribution in [3.63, 3.8) is 0 Å². The minimum atomic E-state index is -4.54. The fourth-order valence-electron chi connectivity index (χ4n) is 6.67. The first-order valence-electron chi connectivity index (χ1n) is 25.2. The smallest absolute Gasteiger partial charge is 0.306 e. The zero-order valence-corrected chi connectivity index (χ0v) is 41.7. The predicted octanol–water partition coefficient (Wildman–Crippen LogP) is 14.8. The number of phosphoric acid groups is 1. The van der Waals surface area contributed by atoms with Crippen molar-refractivity contribution in [1.29, 1.82) is 0 Å². The summed E-state index contributed by atoms with van der Waals surface area (Å²) in [4.78, 5) is 25.1. The lowest BCUT2D eigenvalue weighted by atomic mass is 10.0. The topological polar surface area (TPSA) is 94.1 Å². The second kappa shape index (κ2) is 45.5. The van der Waals surface area contributed by atoms with Gasteiger partial charge in [-0.3, -0.25) is 9.36 Å². The number of hydrogen-bond acceptors (Lipinski definition) is 7. The Kier molecular flexibility index (Phi) is 44.0. The number of phosphoric ester groups is 1. The van der Waals surface area contributed by atoms with Gasteiger partial charge in [-0.25, -0.2) is 0 Å². The second-order valence-electron chi connectivity index (χ2n) is 17.8. The standard InChI is InChI=1S/C53H96NO7P/c1-6-8-10-12-14-16-18-20-22-24-26-27-28-30-32-34-36-38-40-42-44-46-53(55)61-52(51-60-62(56,57)59-49-47-54(3,4)5)50-58-48-45-43-41-39-37-35-33-31-29-25-23-21-19-17-15-13-11-9-7-2/h8,10,14,16,20,22,26-27,30,32,36,38,52H,6-7,9,11-13,15,17-19,21,23-25,28-29,31,33-35,37,39-51H2,1-5H3/b10-8-,16-14-,22-20-,27-26-,32-30-,38-36-. The lowest BCUT2D eigenvalue weighted by Gasteiger charge is -2.28. The summed E-state index contributed by atoms with van der Waals surface area (Å²) in [6.07, 6.45) is 59.3. The predicted molar refractivity (Wildman–Crippen MR) is 263 cm³/mol. The number of rotatable bonds is 46. The van der Waals surface area contributed by atoms with Crippen LogP contribution in [0.5, 0.6) is 0 Å². The molecule has 360 valence electrons. The molecular weight excluding hydrogens is 794 g/mol. The second-order valence-corrected chi connectivity index (χ2v) is 19.2. The number of carbonyl (C=O) groups excluding carboxylic acids is 1. The number of hydrogen-bond donors (Lipinski definition) is 0. The molecule has 0 aromatic carbocycles. The molecule has 0 fully saturated rings. The van der Waals surface area contributed by atoms with Gasteiger partial charge in [-0.15, -0.1) is 0 Å². The van der Waals surface area contributed by atoms with Crippen LogP contribution in [0.2, 0.25) is 0 Å². The van der Waals surface area contributed by atoms with Crippen LogP contribution >= 0.6 is 7.82 Å². The third-order valence-corrected chi connectivity index (χ3v) is 11.5. The van der Waals surface area contributed by atoms with Crippen LogP contribution in [0.1, 0.15) is 200 Å². The van der Waals surface area contributed by atoms with Gasteiger partial charge < -0.3 is 27.9 Å². The summed E-state index contributed by atoms with van der Waals surface area (Å²) < 4.78 is 34.7. The van der Waals surface area contributed by atoms with E-state index in [1.54, 1.807) is 0 Å². The maximum Gasteiger partial charge on any atom is 0.306 e. The highest BCUT2D eigenvalue weighted by atomic mass is 31.2. The molecule has 0 aliphatic carbocycles. The number of esters is 1. The minimum Gasteiger partial charge on any atom is -0.756 e. The zero-order valence-electron chi connectivity index (χ0n) is 40.8. The Bertz CT molecular complexity index is 1220. The molecule has 0 saturated heterocycles. The van der Waals surface area contributed by atoms with Crippen LogP contribution < -0.4 is 4.89 Å². The number of allylic oxidation sites excluding steroid dienone is 12. The van der Waals surface area contributed by atoms with Gasteiger partial charge in [0.2, 0.25) is 0 Å². The van der Waals surface area contributed by atoms with E-state index >= 15 is 0 Å². The zero-order chi connectivity index (χ0) is 45.5. The van der Waals surface area contributed by atoms with Crippen molar-refractivity contribution in [3.05, 3.63) is 72.9 Å². The minimum absolute atomic E-state index is 0.0153. The van der Waals surface area contributed by atoms with Crippen LogP contribution in [-0.2, 0) is 27.9 Å². The first-order valence-corrected chi connectivity index (χ1v) is 26.6. The van der Waals surface area contributed by atoms with Crippen LogP contribution in [0, 0.1) is 0 Å². The molecule has 2 atom stereocenters. The van der Waals surface area contributed by atoms with Crippen molar-refractivity contribution < 1.29 is 37.3 Å². The SMILES string of the molecule is CC/C=C\C/C=C\C/C=C\C/C=C\C/C=C\C/C=C\CCCCC(=O)OC(COCCCCCCCCCCCCCCCCCCCCC)COP(=O)([O-])OCC[N+](C)(C)C. The van der Waals surface area contributed by atoms with Crippen molar-refractivity contribution in [1.82, 2.24) is 0 Å². The molecule has 0 rings (SSSR count). The Balaban J connectivity index is 4.25.